The summed E-state index contributed by atoms with van der Waals surface area (Å²) in [5.74, 6) is -0.152. The lowest BCUT2D eigenvalue weighted by atomic mass is 10.2. The molecule has 168 valence electrons. The molecule has 1 N–H and O–H groups in total. The van der Waals surface area contributed by atoms with Crippen molar-refractivity contribution < 1.29 is 22.7 Å². The average molecular weight is 460 g/mol. The van der Waals surface area contributed by atoms with Crippen molar-refractivity contribution in [1.82, 2.24) is 9.21 Å². The van der Waals surface area contributed by atoms with Crippen LogP contribution in [0, 0.1) is 0 Å². The highest BCUT2D eigenvalue weighted by atomic mass is 35.5. The smallest absolute Gasteiger partial charge is 0.260 e. The zero-order valence-corrected chi connectivity index (χ0v) is 19.3. The monoisotopic (exact) mass is 459 g/mol. The summed E-state index contributed by atoms with van der Waals surface area (Å²) in [7, 11) is -3.45. The first-order valence-corrected chi connectivity index (χ1v) is 12.2. The maximum absolute atomic E-state index is 12.7. The number of anilines is 1. The second-order valence-electron chi connectivity index (χ2n) is 7.07. The number of nitrogens with zero attached hydrogens (tertiary/aromatic N) is 2. The highest BCUT2D eigenvalue weighted by molar-refractivity contribution is 7.89. The van der Waals surface area contributed by atoms with Crippen molar-refractivity contribution in [3.05, 3.63) is 23.2 Å². The Kier molecular flexibility index (Phi) is 8.93. The molecule has 2 amide bonds. The Labute approximate surface area is 183 Å². The summed E-state index contributed by atoms with van der Waals surface area (Å²) in [4.78, 5) is 26.4. The second-order valence-corrected chi connectivity index (χ2v) is 9.52. The maximum atomic E-state index is 12.7. The van der Waals surface area contributed by atoms with E-state index in [9.17, 15) is 18.0 Å². The van der Waals surface area contributed by atoms with Crippen molar-refractivity contribution >= 4 is 39.1 Å². The van der Waals surface area contributed by atoms with Crippen molar-refractivity contribution in [1.29, 1.82) is 0 Å². The van der Waals surface area contributed by atoms with Crippen molar-refractivity contribution in [3.8, 4) is 5.75 Å². The maximum Gasteiger partial charge on any atom is 0.260 e. The van der Waals surface area contributed by atoms with Gasteiger partial charge >= 0.3 is 0 Å². The van der Waals surface area contributed by atoms with Gasteiger partial charge in [0.2, 0.25) is 15.9 Å². The molecule has 10 heteroatoms. The van der Waals surface area contributed by atoms with Crippen LogP contribution in [0.15, 0.2) is 18.2 Å². The number of halogens is 1. The summed E-state index contributed by atoms with van der Waals surface area (Å²) in [5, 5.41) is 2.99. The molecule has 1 aliphatic heterocycles. The highest BCUT2D eigenvalue weighted by Gasteiger charge is 2.38. The molecule has 1 atom stereocenters. The molecule has 1 aromatic carbocycles. The number of amides is 2. The molecule has 0 spiro atoms. The number of likely N-dealkylation sites (N-methyl/N-ethyl adjacent to an activating group) is 1. The Bertz CT molecular complexity index is 858. The van der Waals surface area contributed by atoms with Crippen LogP contribution in [0.25, 0.3) is 0 Å². The Morgan fingerprint density at radius 1 is 1.27 bits per heavy atom. The minimum absolute atomic E-state index is 0.0286. The van der Waals surface area contributed by atoms with E-state index < -0.39 is 16.1 Å². The van der Waals surface area contributed by atoms with E-state index in [-0.39, 0.29) is 29.2 Å². The van der Waals surface area contributed by atoms with Gasteiger partial charge < -0.3 is 15.0 Å². The van der Waals surface area contributed by atoms with E-state index in [2.05, 4.69) is 5.32 Å². The lowest BCUT2D eigenvalue weighted by Crippen LogP contribution is -2.44. The van der Waals surface area contributed by atoms with Gasteiger partial charge in [0.1, 0.15) is 11.8 Å². The topological polar surface area (TPSA) is 96.0 Å². The number of hydrogen-bond donors (Lipinski definition) is 1. The van der Waals surface area contributed by atoms with Gasteiger partial charge in [-0.15, -0.1) is 0 Å². The summed E-state index contributed by atoms with van der Waals surface area (Å²) in [6.45, 7) is 7.01. The third-order valence-corrected chi connectivity index (χ3v) is 7.36. The van der Waals surface area contributed by atoms with Crippen LogP contribution in [0.2, 0.25) is 5.02 Å². The number of carbonyl (C=O) groups excluding carboxylic acids is 2. The molecule has 1 fully saturated rings. The molecule has 1 saturated heterocycles. The van der Waals surface area contributed by atoms with Crippen molar-refractivity contribution in [2.45, 2.75) is 46.1 Å². The summed E-state index contributed by atoms with van der Waals surface area (Å²) in [6, 6.07) is 3.99. The number of rotatable bonds is 10. The first-order valence-electron chi connectivity index (χ1n) is 10.2. The Morgan fingerprint density at radius 3 is 2.57 bits per heavy atom. The zero-order valence-electron chi connectivity index (χ0n) is 17.7. The van der Waals surface area contributed by atoms with Gasteiger partial charge in [-0.1, -0.05) is 18.5 Å². The van der Waals surface area contributed by atoms with E-state index in [0.29, 0.717) is 50.3 Å². The van der Waals surface area contributed by atoms with Crippen LogP contribution in [0.4, 0.5) is 5.69 Å². The molecule has 0 bridgehead atoms. The van der Waals surface area contributed by atoms with Crippen molar-refractivity contribution in [3.63, 3.8) is 0 Å². The van der Waals surface area contributed by atoms with Gasteiger partial charge in [-0.25, -0.2) is 8.42 Å². The van der Waals surface area contributed by atoms with Crippen molar-refractivity contribution in [2.75, 3.05) is 37.3 Å². The SMILES string of the molecule is CCCS(=O)(=O)N1CCCC1C(=O)Nc1ccc(OCC(=O)N(CC)CC)c(Cl)c1. The molecule has 0 saturated carbocycles. The second kappa shape index (κ2) is 11.0. The van der Waals surface area contributed by atoms with Crippen LogP contribution in [0.5, 0.6) is 5.75 Å². The van der Waals surface area contributed by atoms with E-state index in [1.54, 1.807) is 24.0 Å². The third kappa shape index (κ3) is 6.09. The van der Waals surface area contributed by atoms with Gasteiger partial charge in [0.05, 0.1) is 10.8 Å². The molecule has 1 unspecified atom stereocenters. The lowest BCUT2D eigenvalue weighted by molar-refractivity contribution is -0.133. The fourth-order valence-corrected chi connectivity index (χ4v) is 5.42. The van der Waals surface area contributed by atoms with E-state index in [4.69, 9.17) is 16.3 Å². The van der Waals surface area contributed by atoms with E-state index in [1.165, 1.54) is 10.4 Å². The molecule has 8 nitrogen and oxygen atoms in total. The standard InChI is InChI=1S/C20H30ClN3O5S/c1-4-12-30(27,28)24-11-7-8-17(24)20(26)22-15-9-10-18(16(21)13-15)29-14-19(25)23(5-2)6-3/h9-10,13,17H,4-8,11-12,14H2,1-3H3,(H,22,26). The van der Waals surface area contributed by atoms with Crippen LogP contribution >= 0.6 is 11.6 Å². The molecule has 1 aliphatic rings. The van der Waals surface area contributed by atoms with Gasteiger partial charge in [0.25, 0.3) is 5.91 Å². The molecule has 30 heavy (non-hydrogen) atoms. The number of benzene rings is 1. The molecule has 0 aromatic heterocycles. The number of nitrogens with one attached hydrogen (secondary N) is 1. The van der Waals surface area contributed by atoms with E-state index in [1.807, 2.05) is 13.8 Å². The number of sulfonamides is 1. The Hall–Kier alpha value is -1.84. The van der Waals surface area contributed by atoms with Crippen molar-refractivity contribution in [2.24, 2.45) is 0 Å². The molecule has 0 radical (unpaired) electrons. The molecule has 1 heterocycles. The molecular weight excluding hydrogens is 430 g/mol. The summed E-state index contributed by atoms with van der Waals surface area (Å²) in [5.41, 5.74) is 0.437. The van der Waals surface area contributed by atoms with Crippen LogP contribution in [0.3, 0.4) is 0 Å². The predicted octanol–water partition coefficient (Wildman–Crippen LogP) is 2.73. The molecule has 2 rings (SSSR count). The first kappa shape index (κ1) is 24.4. The van der Waals surface area contributed by atoms with Gasteiger partial charge in [0.15, 0.2) is 6.61 Å². The largest absolute Gasteiger partial charge is 0.482 e. The third-order valence-electron chi connectivity index (χ3n) is 4.99. The van der Waals surface area contributed by atoms with Crippen LogP contribution in [0.1, 0.15) is 40.0 Å². The number of ether oxygens (including phenoxy) is 1. The minimum atomic E-state index is -3.45. The average Bonchev–Trinajstić information content (AvgIpc) is 3.19. The quantitative estimate of drug-likeness (QED) is 0.580. The molecule has 0 aliphatic carbocycles. The van der Waals surface area contributed by atoms with E-state index in [0.717, 1.165) is 0 Å². The van der Waals surface area contributed by atoms with Crippen LogP contribution in [-0.2, 0) is 19.6 Å². The summed E-state index contributed by atoms with van der Waals surface area (Å²) in [6.07, 6.45) is 1.63. The number of carbonyl (C=O) groups is 2. The fraction of sp³-hybridized carbons (Fsp3) is 0.600. The van der Waals surface area contributed by atoms with Crippen LogP contribution < -0.4 is 10.1 Å². The molecule has 1 aromatic rings. The molecular formula is C20H30ClN3O5S. The van der Waals surface area contributed by atoms with Crippen LogP contribution in [-0.4, -0.2) is 67.5 Å². The Morgan fingerprint density at radius 2 is 1.97 bits per heavy atom. The van der Waals surface area contributed by atoms with Gasteiger partial charge in [-0.3, -0.25) is 9.59 Å². The first-order chi connectivity index (χ1) is 14.2. The van der Waals surface area contributed by atoms with E-state index >= 15 is 0 Å². The zero-order chi connectivity index (χ0) is 22.3. The summed E-state index contributed by atoms with van der Waals surface area (Å²) < 4.78 is 31.6. The van der Waals surface area contributed by atoms with Gasteiger partial charge in [-0.05, 0) is 51.3 Å². The minimum Gasteiger partial charge on any atom is -0.482 e. The lowest BCUT2D eigenvalue weighted by Gasteiger charge is -2.23. The summed E-state index contributed by atoms with van der Waals surface area (Å²) >= 11 is 6.24. The normalized spacial score (nSPS) is 17.0. The van der Waals surface area contributed by atoms with Gasteiger partial charge in [0, 0.05) is 25.3 Å². The van der Waals surface area contributed by atoms with Gasteiger partial charge in [-0.2, -0.15) is 4.31 Å². The predicted molar refractivity (Wildman–Crippen MR) is 117 cm³/mol. The Balaban J connectivity index is 2.01. The number of hydrogen-bond acceptors (Lipinski definition) is 5. The fourth-order valence-electron chi connectivity index (χ4n) is 3.44. The highest BCUT2D eigenvalue weighted by Crippen LogP contribution is 2.29.